The van der Waals surface area contributed by atoms with Crippen molar-refractivity contribution in [1.29, 1.82) is 0 Å². The number of amides is 1. The third-order valence-electron chi connectivity index (χ3n) is 5.85. The Morgan fingerprint density at radius 1 is 1.24 bits per heavy atom. The van der Waals surface area contributed by atoms with Crippen molar-refractivity contribution in [3.8, 4) is 18.1 Å². The zero-order valence-electron chi connectivity index (χ0n) is 18.9. The van der Waals surface area contributed by atoms with E-state index < -0.39 is 10.0 Å². The lowest BCUT2D eigenvalue weighted by Crippen LogP contribution is -2.40. The third-order valence-corrected chi connectivity index (χ3v) is 9.52. The van der Waals surface area contributed by atoms with E-state index in [-0.39, 0.29) is 29.8 Å². The molecule has 34 heavy (non-hydrogen) atoms. The average molecular weight is 516 g/mol. The number of nitrogens with zero attached hydrogens (tertiary/aromatic N) is 3. The molecule has 2 aromatic carbocycles. The van der Waals surface area contributed by atoms with Crippen LogP contribution in [0.2, 0.25) is 0 Å². The van der Waals surface area contributed by atoms with Crippen LogP contribution in [0.25, 0.3) is 10.2 Å². The van der Waals surface area contributed by atoms with Crippen LogP contribution in [0, 0.1) is 18.3 Å². The number of rotatable bonds is 6. The summed E-state index contributed by atoms with van der Waals surface area (Å²) in [6.45, 7) is 0.867. The summed E-state index contributed by atoms with van der Waals surface area (Å²) in [6, 6.07) is 12.4. The molecule has 1 aliphatic heterocycles. The molecule has 1 aromatic heterocycles. The SMILES string of the molecule is C#CCn1c(=NC(=O)C2CCN(S(=O)(=O)c3ccc(OC)cc3)CC2)sc2cc(SC)ccc21. The van der Waals surface area contributed by atoms with Gasteiger partial charge in [-0.25, -0.2) is 8.42 Å². The van der Waals surface area contributed by atoms with Crippen LogP contribution < -0.4 is 9.54 Å². The second-order valence-corrected chi connectivity index (χ2v) is 11.6. The largest absolute Gasteiger partial charge is 0.497 e. The Bertz CT molecular complexity index is 1410. The lowest BCUT2D eigenvalue weighted by molar-refractivity contribution is -0.122. The molecule has 0 aliphatic carbocycles. The van der Waals surface area contributed by atoms with Gasteiger partial charge in [0.15, 0.2) is 4.80 Å². The summed E-state index contributed by atoms with van der Waals surface area (Å²) in [5.74, 6) is 2.68. The van der Waals surface area contributed by atoms with Gasteiger partial charge in [-0.05, 0) is 61.6 Å². The summed E-state index contributed by atoms with van der Waals surface area (Å²) >= 11 is 3.09. The fourth-order valence-corrected chi connectivity index (χ4v) is 6.99. The van der Waals surface area contributed by atoms with E-state index >= 15 is 0 Å². The minimum absolute atomic E-state index is 0.216. The van der Waals surface area contributed by atoms with Crippen molar-refractivity contribution in [2.45, 2.75) is 29.2 Å². The van der Waals surface area contributed by atoms with Gasteiger partial charge < -0.3 is 9.30 Å². The summed E-state index contributed by atoms with van der Waals surface area (Å²) in [6.07, 6.45) is 8.43. The quantitative estimate of drug-likeness (QED) is 0.370. The predicted molar refractivity (Wildman–Crippen MR) is 135 cm³/mol. The molecule has 1 saturated heterocycles. The maximum atomic E-state index is 13.0. The van der Waals surface area contributed by atoms with Crippen molar-refractivity contribution in [3.05, 3.63) is 47.3 Å². The number of aromatic nitrogens is 1. The van der Waals surface area contributed by atoms with Gasteiger partial charge in [-0.1, -0.05) is 17.3 Å². The van der Waals surface area contributed by atoms with Crippen molar-refractivity contribution in [2.24, 2.45) is 10.9 Å². The summed E-state index contributed by atoms with van der Waals surface area (Å²) in [5, 5.41) is 0. The predicted octanol–water partition coefficient (Wildman–Crippen LogP) is 3.59. The molecule has 0 bridgehead atoms. The first-order valence-corrected chi connectivity index (χ1v) is 14.2. The van der Waals surface area contributed by atoms with Gasteiger partial charge in [-0.15, -0.1) is 18.2 Å². The Balaban J connectivity index is 1.52. The van der Waals surface area contributed by atoms with Gasteiger partial charge in [0.05, 0.1) is 28.8 Å². The number of piperidine rings is 1. The second-order valence-electron chi connectivity index (χ2n) is 7.81. The number of sulfonamides is 1. The number of terminal acetylenes is 1. The highest BCUT2D eigenvalue weighted by molar-refractivity contribution is 7.98. The normalized spacial score (nSPS) is 16.0. The van der Waals surface area contributed by atoms with Crippen molar-refractivity contribution < 1.29 is 17.9 Å². The van der Waals surface area contributed by atoms with Crippen LogP contribution in [0.3, 0.4) is 0 Å². The molecule has 4 rings (SSSR count). The topological polar surface area (TPSA) is 81.0 Å². The van der Waals surface area contributed by atoms with Gasteiger partial charge in [0, 0.05) is 23.9 Å². The zero-order chi connectivity index (χ0) is 24.3. The number of benzene rings is 2. The minimum atomic E-state index is -3.62. The van der Waals surface area contributed by atoms with Gasteiger partial charge in [0.1, 0.15) is 5.75 Å². The van der Waals surface area contributed by atoms with Gasteiger partial charge in [0.25, 0.3) is 5.91 Å². The molecule has 0 spiro atoms. The molecule has 0 atom stereocenters. The maximum absolute atomic E-state index is 13.0. The molecule has 3 aromatic rings. The molecule has 7 nitrogen and oxygen atoms in total. The van der Waals surface area contributed by atoms with Crippen molar-refractivity contribution in [1.82, 2.24) is 8.87 Å². The number of hydrogen-bond acceptors (Lipinski definition) is 6. The molecule has 0 unspecified atom stereocenters. The number of ether oxygens (including phenoxy) is 1. The smallest absolute Gasteiger partial charge is 0.251 e. The lowest BCUT2D eigenvalue weighted by atomic mass is 9.98. The Hall–Kier alpha value is -2.58. The number of fused-ring (bicyclic) bond motifs is 1. The molecule has 178 valence electrons. The summed E-state index contributed by atoms with van der Waals surface area (Å²) in [5.41, 5.74) is 0.952. The lowest BCUT2D eigenvalue weighted by Gasteiger charge is -2.29. The summed E-state index contributed by atoms with van der Waals surface area (Å²) < 4.78 is 35.4. The van der Waals surface area contributed by atoms with Gasteiger partial charge in [-0.3, -0.25) is 4.79 Å². The van der Waals surface area contributed by atoms with Crippen LogP contribution in [0.15, 0.2) is 57.2 Å². The number of methoxy groups -OCH3 is 1. The molecule has 1 amide bonds. The molecule has 0 saturated carbocycles. The number of carbonyl (C=O) groups is 1. The summed E-state index contributed by atoms with van der Waals surface area (Å²) in [4.78, 5) is 19.3. The number of carbonyl (C=O) groups excluding carboxylic acids is 1. The van der Waals surface area contributed by atoms with Gasteiger partial charge >= 0.3 is 0 Å². The monoisotopic (exact) mass is 515 g/mol. The highest BCUT2D eigenvalue weighted by Crippen LogP contribution is 2.27. The fourth-order valence-electron chi connectivity index (χ4n) is 3.94. The summed E-state index contributed by atoms with van der Waals surface area (Å²) in [7, 11) is -2.09. The van der Waals surface area contributed by atoms with Gasteiger partial charge in [-0.2, -0.15) is 9.30 Å². The van der Waals surface area contributed by atoms with E-state index in [9.17, 15) is 13.2 Å². The molecule has 2 heterocycles. The van der Waals surface area contributed by atoms with E-state index in [1.165, 1.54) is 34.9 Å². The van der Waals surface area contributed by atoms with Crippen LogP contribution in [0.4, 0.5) is 0 Å². The van der Waals surface area contributed by atoms with Crippen molar-refractivity contribution in [3.63, 3.8) is 0 Å². The van der Waals surface area contributed by atoms with Crippen molar-refractivity contribution >= 4 is 49.2 Å². The standard InChI is InChI=1S/C24H25N3O4S3/c1-4-13-27-21-10-7-19(32-3)16-22(21)33-24(27)25-23(28)17-11-14-26(15-12-17)34(29,30)20-8-5-18(31-2)6-9-20/h1,5-10,16-17H,11-15H2,2-3H3. The Kier molecular flexibility index (Phi) is 7.48. The van der Waals surface area contributed by atoms with E-state index in [1.807, 2.05) is 23.0 Å². The highest BCUT2D eigenvalue weighted by atomic mass is 32.2. The average Bonchev–Trinajstić information content (AvgIpc) is 3.20. The highest BCUT2D eigenvalue weighted by Gasteiger charge is 2.32. The van der Waals surface area contributed by atoms with E-state index in [0.29, 0.717) is 29.9 Å². The van der Waals surface area contributed by atoms with E-state index in [0.717, 1.165) is 15.1 Å². The van der Waals surface area contributed by atoms with E-state index in [4.69, 9.17) is 11.2 Å². The first kappa shape index (κ1) is 24.5. The number of thioether (sulfide) groups is 1. The molecule has 10 heteroatoms. The molecule has 1 aliphatic rings. The molecular weight excluding hydrogens is 490 g/mol. The van der Waals surface area contributed by atoms with E-state index in [2.05, 4.69) is 17.0 Å². The minimum Gasteiger partial charge on any atom is -0.497 e. The first-order chi connectivity index (χ1) is 16.4. The molecular formula is C24H25N3O4S3. The number of hydrogen-bond donors (Lipinski definition) is 0. The first-order valence-electron chi connectivity index (χ1n) is 10.7. The Labute approximate surface area is 207 Å². The number of thiazole rings is 1. The van der Waals surface area contributed by atoms with Crippen LogP contribution >= 0.6 is 23.1 Å². The van der Waals surface area contributed by atoms with E-state index in [1.54, 1.807) is 23.9 Å². The Morgan fingerprint density at radius 3 is 2.56 bits per heavy atom. The Morgan fingerprint density at radius 2 is 1.94 bits per heavy atom. The molecule has 1 fully saturated rings. The fraction of sp³-hybridized carbons (Fsp3) is 0.333. The van der Waals surface area contributed by atoms with Crippen LogP contribution in [-0.2, 0) is 21.4 Å². The molecule has 0 N–H and O–H groups in total. The van der Waals surface area contributed by atoms with Crippen LogP contribution in [0.1, 0.15) is 12.8 Å². The maximum Gasteiger partial charge on any atom is 0.251 e. The zero-order valence-corrected chi connectivity index (χ0v) is 21.4. The second kappa shape index (κ2) is 10.4. The van der Waals surface area contributed by atoms with Crippen LogP contribution in [-0.4, -0.2) is 49.7 Å². The molecule has 0 radical (unpaired) electrons. The van der Waals surface area contributed by atoms with Crippen molar-refractivity contribution in [2.75, 3.05) is 26.5 Å². The van der Waals surface area contributed by atoms with Crippen LogP contribution in [0.5, 0.6) is 5.75 Å². The van der Waals surface area contributed by atoms with Gasteiger partial charge in [0.2, 0.25) is 10.0 Å². The third kappa shape index (κ3) is 4.93.